The van der Waals surface area contributed by atoms with Crippen molar-refractivity contribution in [1.29, 1.82) is 0 Å². The van der Waals surface area contributed by atoms with Gasteiger partial charge in [-0.2, -0.15) is 0 Å². The lowest BCUT2D eigenvalue weighted by Crippen LogP contribution is -2.22. The third-order valence-corrected chi connectivity index (χ3v) is 14.0. The average molecular weight is 796 g/mol. The van der Waals surface area contributed by atoms with E-state index in [4.69, 9.17) is 4.42 Å². The Morgan fingerprint density at radius 3 is 1.97 bits per heavy atom. The molecule has 0 N–H and O–H groups in total. The second-order valence-corrected chi connectivity index (χ2v) is 17.7. The number of para-hydroxylation sites is 2. The van der Waals surface area contributed by atoms with Crippen molar-refractivity contribution in [3.63, 3.8) is 0 Å². The quantitative estimate of drug-likeness (QED) is 0.167. The minimum absolute atomic E-state index is 0.117. The highest BCUT2D eigenvalue weighted by Gasteiger charge is 2.43. The van der Waals surface area contributed by atoms with E-state index in [1.54, 1.807) is 0 Å². The van der Waals surface area contributed by atoms with Crippen molar-refractivity contribution in [3.8, 4) is 33.4 Å². The Balaban J connectivity index is 0.953. The van der Waals surface area contributed by atoms with E-state index in [2.05, 4.69) is 220 Å². The summed E-state index contributed by atoms with van der Waals surface area (Å²) < 4.78 is 6.46. The fourth-order valence-electron chi connectivity index (χ4n) is 10.8. The number of rotatable bonds is 6. The van der Waals surface area contributed by atoms with E-state index in [9.17, 15) is 0 Å². The standard InChI is InChI=1S/C60H45NO/c1-59(2)53-22-12-10-18-47(53)49-35-34-45(38-56(49)59)61(44-32-27-40(28-33-44)46-20-14-21-51-50-19-11-13-24-57(50)62-58(46)51)43-30-25-39(26-31-43)41-29-36-55-52(37-41)48-17-8-5-9-23-54(48)60(55,3)42-15-6-4-7-16-42/h4-8,10-38H,9H2,1-3H3. The molecule has 8 aromatic carbocycles. The zero-order valence-corrected chi connectivity index (χ0v) is 35.2. The highest BCUT2D eigenvalue weighted by atomic mass is 16.3. The molecule has 12 rings (SSSR count). The molecule has 1 atom stereocenters. The number of benzene rings is 8. The minimum atomic E-state index is -0.211. The van der Waals surface area contributed by atoms with Crippen LogP contribution in [0.1, 0.15) is 55.0 Å². The van der Waals surface area contributed by atoms with Crippen molar-refractivity contribution >= 4 is 44.6 Å². The van der Waals surface area contributed by atoms with E-state index in [-0.39, 0.29) is 10.8 Å². The molecular weight excluding hydrogens is 751 g/mol. The van der Waals surface area contributed by atoms with Gasteiger partial charge in [0, 0.05) is 44.2 Å². The molecule has 9 aromatic rings. The maximum Gasteiger partial charge on any atom is 0.143 e. The lowest BCUT2D eigenvalue weighted by molar-refractivity contribution is 0.660. The molecule has 1 heterocycles. The van der Waals surface area contributed by atoms with Gasteiger partial charge < -0.3 is 9.32 Å². The van der Waals surface area contributed by atoms with Crippen LogP contribution in [0.25, 0.3) is 60.9 Å². The first-order chi connectivity index (χ1) is 30.4. The Morgan fingerprint density at radius 2 is 1.15 bits per heavy atom. The zero-order valence-electron chi connectivity index (χ0n) is 35.2. The van der Waals surface area contributed by atoms with Crippen LogP contribution in [0.2, 0.25) is 0 Å². The maximum atomic E-state index is 6.46. The highest BCUT2D eigenvalue weighted by molar-refractivity contribution is 6.09. The van der Waals surface area contributed by atoms with Crippen LogP contribution in [-0.2, 0) is 10.8 Å². The lowest BCUT2D eigenvalue weighted by atomic mass is 9.74. The number of hydrogen-bond acceptors (Lipinski definition) is 2. The number of hydrogen-bond donors (Lipinski definition) is 0. The maximum absolute atomic E-state index is 6.46. The van der Waals surface area contributed by atoms with Crippen molar-refractivity contribution < 1.29 is 4.42 Å². The summed E-state index contributed by atoms with van der Waals surface area (Å²) in [5.41, 5.74) is 21.6. The third-order valence-electron chi connectivity index (χ3n) is 14.0. The van der Waals surface area contributed by atoms with Crippen LogP contribution in [0.15, 0.2) is 216 Å². The van der Waals surface area contributed by atoms with Gasteiger partial charge in [-0.25, -0.2) is 0 Å². The second-order valence-electron chi connectivity index (χ2n) is 17.7. The predicted octanol–water partition coefficient (Wildman–Crippen LogP) is 16.3. The normalized spacial score (nSPS) is 16.9. The van der Waals surface area contributed by atoms with E-state index >= 15 is 0 Å². The molecule has 0 aliphatic heterocycles. The van der Waals surface area contributed by atoms with Crippen molar-refractivity contribution in [1.82, 2.24) is 0 Å². The van der Waals surface area contributed by atoms with Gasteiger partial charge in [0.25, 0.3) is 0 Å². The van der Waals surface area contributed by atoms with E-state index in [0.29, 0.717) is 0 Å². The van der Waals surface area contributed by atoms with Gasteiger partial charge in [-0.1, -0.05) is 172 Å². The number of anilines is 3. The monoisotopic (exact) mass is 795 g/mol. The molecule has 0 amide bonds. The molecule has 1 aromatic heterocycles. The van der Waals surface area contributed by atoms with Gasteiger partial charge in [0.05, 0.1) is 0 Å². The van der Waals surface area contributed by atoms with Crippen molar-refractivity contribution in [2.24, 2.45) is 0 Å². The molecule has 0 bridgehead atoms. The fraction of sp³-hybridized carbons (Fsp3) is 0.100. The molecule has 0 radical (unpaired) electrons. The first-order valence-electron chi connectivity index (χ1n) is 21.8. The van der Waals surface area contributed by atoms with Gasteiger partial charge in [-0.3, -0.25) is 0 Å². The molecule has 62 heavy (non-hydrogen) atoms. The van der Waals surface area contributed by atoms with Crippen molar-refractivity contribution in [2.75, 3.05) is 4.90 Å². The summed E-state index contributed by atoms with van der Waals surface area (Å²) in [5.74, 6) is 0. The summed E-state index contributed by atoms with van der Waals surface area (Å²) in [7, 11) is 0. The summed E-state index contributed by atoms with van der Waals surface area (Å²) in [6.45, 7) is 7.10. The molecule has 0 saturated carbocycles. The molecule has 3 aliphatic rings. The van der Waals surface area contributed by atoms with Crippen LogP contribution >= 0.6 is 0 Å². The SMILES string of the molecule is CC1(C)c2ccccc2-c2ccc(N(c3ccc(-c4ccc5c(c4)C4=CC=CCC=C4C5(C)c4ccccc4)cc3)c3ccc(-c4cccc5c4oc4ccccc45)cc3)cc21. The summed E-state index contributed by atoms with van der Waals surface area (Å²) in [6, 6.07) is 66.9. The van der Waals surface area contributed by atoms with Crippen LogP contribution in [-0.4, -0.2) is 0 Å². The summed E-state index contributed by atoms with van der Waals surface area (Å²) in [6.07, 6.45) is 10.2. The van der Waals surface area contributed by atoms with Crippen LogP contribution in [0, 0.1) is 0 Å². The third kappa shape index (κ3) is 5.43. The first-order valence-corrected chi connectivity index (χ1v) is 21.8. The topological polar surface area (TPSA) is 16.4 Å². The molecule has 2 nitrogen and oxygen atoms in total. The molecule has 0 saturated heterocycles. The van der Waals surface area contributed by atoms with Crippen LogP contribution in [0.4, 0.5) is 17.1 Å². The van der Waals surface area contributed by atoms with Gasteiger partial charge >= 0.3 is 0 Å². The minimum Gasteiger partial charge on any atom is -0.455 e. The summed E-state index contributed by atoms with van der Waals surface area (Å²) in [5, 5.41) is 2.28. The van der Waals surface area contributed by atoms with Crippen LogP contribution < -0.4 is 4.90 Å². The van der Waals surface area contributed by atoms with Crippen LogP contribution in [0.3, 0.4) is 0 Å². The summed E-state index contributed by atoms with van der Waals surface area (Å²) in [4.78, 5) is 2.41. The van der Waals surface area contributed by atoms with Gasteiger partial charge in [0.2, 0.25) is 0 Å². The Bertz CT molecular complexity index is 3340. The van der Waals surface area contributed by atoms with E-state index < -0.39 is 0 Å². The van der Waals surface area contributed by atoms with Gasteiger partial charge in [-0.15, -0.1) is 0 Å². The highest BCUT2D eigenvalue weighted by Crippen LogP contribution is 2.55. The van der Waals surface area contributed by atoms with E-state index in [1.165, 1.54) is 61.2 Å². The molecule has 3 aliphatic carbocycles. The molecule has 0 fully saturated rings. The van der Waals surface area contributed by atoms with Gasteiger partial charge in [-0.05, 0) is 129 Å². The Kier molecular flexibility index (Phi) is 8.11. The number of furan rings is 1. The molecule has 0 spiro atoms. The average Bonchev–Trinajstić information content (AvgIpc) is 3.79. The van der Waals surface area contributed by atoms with Gasteiger partial charge in [0.1, 0.15) is 11.2 Å². The second kappa shape index (κ2) is 13.8. The van der Waals surface area contributed by atoms with Gasteiger partial charge in [0.15, 0.2) is 0 Å². The Labute approximate surface area is 363 Å². The zero-order chi connectivity index (χ0) is 41.6. The largest absolute Gasteiger partial charge is 0.455 e. The fourth-order valence-corrected chi connectivity index (χ4v) is 10.8. The van der Waals surface area contributed by atoms with Crippen molar-refractivity contribution in [2.45, 2.75) is 38.0 Å². The number of nitrogens with zero attached hydrogens (tertiary/aromatic N) is 1. The number of fused-ring (bicyclic) bond motifs is 9. The smallest absolute Gasteiger partial charge is 0.143 e. The molecular formula is C60H45NO. The summed E-state index contributed by atoms with van der Waals surface area (Å²) >= 11 is 0. The number of allylic oxidation sites excluding steroid dienone is 6. The molecule has 1 unspecified atom stereocenters. The molecule has 296 valence electrons. The van der Waals surface area contributed by atoms with Crippen LogP contribution in [0.5, 0.6) is 0 Å². The lowest BCUT2D eigenvalue weighted by Gasteiger charge is -2.29. The Hall–Kier alpha value is -7.42. The molecule has 2 heteroatoms. The van der Waals surface area contributed by atoms with E-state index in [0.717, 1.165) is 56.5 Å². The first kappa shape index (κ1) is 36.4. The van der Waals surface area contributed by atoms with E-state index in [1.807, 2.05) is 12.1 Å². The predicted molar refractivity (Wildman–Crippen MR) is 260 cm³/mol. The van der Waals surface area contributed by atoms with Crippen molar-refractivity contribution in [3.05, 3.63) is 240 Å². The Morgan fingerprint density at radius 1 is 0.484 bits per heavy atom.